The fraction of sp³-hybridized carbons (Fsp3) is 0.714. The van der Waals surface area contributed by atoms with Gasteiger partial charge >= 0.3 is 0 Å². The van der Waals surface area contributed by atoms with Gasteiger partial charge in [-0.2, -0.15) is 0 Å². The van der Waals surface area contributed by atoms with Crippen molar-refractivity contribution in [2.24, 2.45) is 13.0 Å². The molecule has 1 aliphatic rings. The number of amides is 1. The first-order valence-electron chi connectivity index (χ1n) is 6.96. The molecule has 0 radical (unpaired) electrons. The van der Waals surface area contributed by atoms with E-state index in [1.165, 1.54) is 0 Å². The van der Waals surface area contributed by atoms with Crippen LogP contribution in [0.4, 0.5) is 0 Å². The van der Waals surface area contributed by atoms with Gasteiger partial charge < -0.3 is 14.8 Å². The van der Waals surface area contributed by atoms with Crippen molar-refractivity contribution in [2.75, 3.05) is 20.1 Å². The molecule has 1 saturated heterocycles. The average molecular weight is 264 g/mol. The predicted octanol–water partition coefficient (Wildman–Crippen LogP) is 1.19. The molecular weight excluding hydrogens is 240 g/mol. The number of nitrogens with one attached hydrogen (secondary N) is 1. The molecular formula is C14H24N4O. The van der Waals surface area contributed by atoms with Crippen molar-refractivity contribution in [3.8, 4) is 0 Å². The number of piperidine rings is 1. The second-order valence-corrected chi connectivity index (χ2v) is 5.69. The molecule has 19 heavy (non-hydrogen) atoms. The lowest BCUT2D eigenvalue weighted by Gasteiger charge is -2.33. The van der Waals surface area contributed by atoms with Crippen molar-refractivity contribution in [3.63, 3.8) is 0 Å². The molecule has 1 N–H and O–H groups in total. The lowest BCUT2D eigenvalue weighted by Crippen LogP contribution is -2.43. The van der Waals surface area contributed by atoms with Crippen LogP contribution in [0.1, 0.15) is 35.9 Å². The van der Waals surface area contributed by atoms with Gasteiger partial charge in [0.1, 0.15) is 5.69 Å². The molecule has 1 aliphatic heterocycles. The Morgan fingerprint density at radius 1 is 1.42 bits per heavy atom. The first kappa shape index (κ1) is 14.1. The maximum absolute atomic E-state index is 12.3. The van der Waals surface area contributed by atoms with Gasteiger partial charge in [0.2, 0.25) is 0 Å². The minimum absolute atomic E-state index is 0.0103. The molecule has 0 saturated carbocycles. The van der Waals surface area contributed by atoms with Crippen molar-refractivity contribution in [2.45, 2.75) is 32.7 Å². The number of imidazole rings is 1. The molecule has 1 aromatic rings. The summed E-state index contributed by atoms with van der Waals surface area (Å²) in [6, 6.07) is 0.218. The fourth-order valence-electron chi connectivity index (χ4n) is 2.79. The van der Waals surface area contributed by atoms with Gasteiger partial charge in [-0.25, -0.2) is 4.98 Å². The first-order valence-corrected chi connectivity index (χ1v) is 6.96. The summed E-state index contributed by atoms with van der Waals surface area (Å²) < 4.78 is 1.78. The maximum Gasteiger partial charge on any atom is 0.270 e. The number of aryl methyl sites for hydroxylation is 2. The quantitative estimate of drug-likeness (QED) is 0.892. The zero-order valence-corrected chi connectivity index (χ0v) is 12.3. The van der Waals surface area contributed by atoms with Gasteiger partial charge in [0, 0.05) is 13.1 Å². The predicted molar refractivity (Wildman–Crippen MR) is 75.1 cm³/mol. The molecule has 2 rings (SSSR count). The van der Waals surface area contributed by atoms with Crippen LogP contribution in [0.5, 0.6) is 0 Å². The first-order chi connectivity index (χ1) is 8.99. The molecule has 1 amide bonds. The van der Waals surface area contributed by atoms with E-state index < -0.39 is 0 Å². The molecule has 0 unspecified atom stereocenters. The standard InChI is InChI=1S/C14H24N4O/c1-10(12-5-7-17(3)8-6-12)16-14(19)13-11(2)15-9-18(13)4/h9-10,12H,5-8H2,1-4H3,(H,16,19)/t10-/m1/s1. The van der Waals surface area contributed by atoms with Crippen molar-refractivity contribution in [1.29, 1.82) is 0 Å². The summed E-state index contributed by atoms with van der Waals surface area (Å²) in [5.41, 5.74) is 1.45. The van der Waals surface area contributed by atoms with Gasteiger partial charge in [-0.15, -0.1) is 0 Å². The second-order valence-electron chi connectivity index (χ2n) is 5.69. The van der Waals surface area contributed by atoms with Crippen LogP contribution in [0, 0.1) is 12.8 Å². The molecule has 0 aromatic carbocycles. The fourth-order valence-corrected chi connectivity index (χ4v) is 2.79. The topological polar surface area (TPSA) is 50.2 Å². The minimum Gasteiger partial charge on any atom is -0.348 e. The Balaban J connectivity index is 1.95. The highest BCUT2D eigenvalue weighted by molar-refractivity contribution is 5.93. The Morgan fingerprint density at radius 2 is 2.05 bits per heavy atom. The molecule has 0 bridgehead atoms. The summed E-state index contributed by atoms with van der Waals surface area (Å²) in [5.74, 6) is 0.567. The number of hydrogen-bond acceptors (Lipinski definition) is 3. The van der Waals surface area contributed by atoms with Crippen molar-refractivity contribution >= 4 is 5.91 Å². The van der Waals surface area contributed by atoms with Gasteiger partial charge in [-0.3, -0.25) is 4.79 Å². The van der Waals surface area contributed by atoms with Crippen LogP contribution in [0.25, 0.3) is 0 Å². The van der Waals surface area contributed by atoms with Gasteiger partial charge in [-0.1, -0.05) is 0 Å². The Morgan fingerprint density at radius 3 is 2.58 bits per heavy atom. The Kier molecular flexibility index (Phi) is 4.24. The van der Waals surface area contributed by atoms with Crippen LogP contribution in [0.15, 0.2) is 6.33 Å². The normalized spacial score (nSPS) is 19.4. The van der Waals surface area contributed by atoms with Gasteiger partial charge in [0.15, 0.2) is 0 Å². The van der Waals surface area contributed by atoms with E-state index in [4.69, 9.17) is 0 Å². The number of rotatable bonds is 3. The van der Waals surface area contributed by atoms with E-state index in [2.05, 4.69) is 29.2 Å². The van der Waals surface area contributed by atoms with Gasteiger partial charge in [0.05, 0.1) is 12.0 Å². The van der Waals surface area contributed by atoms with Crippen LogP contribution >= 0.6 is 0 Å². The number of hydrogen-bond donors (Lipinski definition) is 1. The molecule has 1 aromatic heterocycles. The summed E-state index contributed by atoms with van der Waals surface area (Å²) in [6.45, 7) is 6.22. The van der Waals surface area contributed by atoms with Crippen molar-refractivity contribution in [1.82, 2.24) is 19.8 Å². The summed E-state index contributed by atoms with van der Waals surface area (Å²) in [6.07, 6.45) is 4.00. The number of likely N-dealkylation sites (tertiary alicyclic amines) is 1. The van der Waals surface area contributed by atoms with Gasteiger partial charge in [0.25, 0.3) is 5.91 Å². The summed E-state index contributed by atoms with van der Waals surface area (Å²) >= 11 is 0. The molecule has 106 valence electrons. The van der Waals surface area contributed by atoms with Crippen molar-refractivity contribution < 1.29 is 4.79 Å². The summed E-state index contributed by atoms with van der Waals surface area (Å²) in [4.78, 5) is 18.8. The maximum atomic E-state index is 12.3. The summed E-state index contributed by atoms with van der Waals surface area (Å²) in [7, 11) is 4.01. The zero-order chi connectivity index (χ0) is 14.0. The lowest BCUT2D eigenvalue weighted by atomic mass is 9.90. The van der Waals surface area contributed by atoms with E-state index in [0.717, 1.165) is 31.6 Å². The molecule has 5 nitrogen and oxygen atoms in total. The third-order valence-corrected chi connectivity index (χ3v) is 4.16. The van der Waals surface area contributed by atoms with E-state index in [0.29, 0.717) is 11.6 Å². The smallest absolute Gasteiger partial charge is 0.270 e. The highest BCUT2D eigenvalue weighted by Crippen LogP contribution is 2.20. The van der Waals surface area contributed by atoms with Crippen molar-refractivity contribution in [3.05, 3.63) is 17.7 Å². The van der Waals surface area contributed by atoms with Crippen LogP contribution in [-0.2, 0) is 7.05 Å². The SMILES string of the molecule is Cc1ncn(C)c1C(=O)N[C@H](C)C1CCN(C)CC1. The molecule has 1 atom stereocenters. The van der Waals surface area contributed by atoms with E-state index in [9.17, 15) is 4.79 Å². The zero-order valence-electron chi connectivity index (χ0n) is 12.3. The summed E-state index contributed by atoms with van der Waals surface area (Å²) in [5, 5.41) is 3.13. The van der Waals surface area contributed by atoms with Crippen LogP contribution < -0.4 is 5.32 Å². The van der Waals surface area contributed by atoms with E-state index in [1.807, 2.05) is 14.0 Å². The van der Waals surface area contributed by atoms with E-state index >= 15 is 0 Å². The number of carbonyl (C=O) groups excluding carboxylic acids is 1. The van der Waals surface area contributed by atoms with Crippen LogP contribution in [-0.4, -0.2) is 46.5 Å². The largest absolute Gasteiger partial charge is 0.348 e. The number of carbonyl (C=O) groups is 1. The Bertz CT molecular complexity index is 427. The minimum atomic E-state index is -0.0103. The highest BCUT2D eigenvalue weighted by Gasteiger charge is 2.25. The lowest BCUT2D eigenvalue weighted by molar-refractivity contribution is 0.0900. The molecule has 5 heteroatoms. The molecule has 0 aliphatic carbocycles. The third kappa shape index (κ3) is 3.15. The molecule has 1 fully saturated rings. The second kappa shape index (κ2) is 5.74. The molecule has 0 spiro atoms. The number of aromatic nitrogens is 2. The van der Waals surface area contributed by atoms with Gasteiger partial charge in [-0.05, 0) is 52.7 Å². The number of nitrogens with zero attached hydrogens (tertiary/aromatic N) is 3. The Labute approximate surface area is 115 Å². The van der Waals surface area contributed by atoms with E-state index in [-0.39, 0.29) is 11.9 Å². The van der Waals surface area contributed by atoms with E-state index in [1.54, 1.807) is 10.9 Å². The van der Waals surface area contributed by atoms with Crippen LogP contribution in [0.3, 0.4) is 0 Å². The third-order valence-electron chi connectivity index (χ3n) is 4.16. The Hall–Kier alpha value is -1.36. The van der Waals surface area contributed by atoms with Crippen LogP contribution in [0.2, 0.25) is 0 Å². The average Bonchev–Trinajstić information content (AvgIpc) is 2.69. The highest BCUT2D eigenvalue weighted by atomic mass is 16.2. The molecule has 2 heterocycles. The monoisotopic (exact) mass is 264 g/mol.